The first kappa shape index (κ1) is 26.0. The summed E-state index contributed by atoms with van der Waals surface area (Å²) in [4.78, 5) is 21.7. The van der Waals surface area contributed by atoms with Crippen LogP contribution in [0.5, 0.6) is 5.75 Å². The monoisotopic (exact) mass is 373 g/mol. The molecule has 0 aliphatic heterocycles. The first-order valence-corrected chi connectivity index (χ1v) is 5.63. The number of aryl methyl sites for hydroxylation is 1. The van der Waals surface area contributed by atoms with Gasteiger partial charge in [0.15, 0.2) is 0 Å². The molecule has 2 aromatic rings. The second-order valence-corrected chi connectivity index (χ2v) is 4.14. The normalized spacial score (nSPS) is 8.91. The molecule has 1 aromatic heterocycles. The Balaban J connectivity index is -0.000001000. The van der Waals surface area contributed by atoms with E-state index in [1.54, 1.807) is 13.0 Å². The number of carbonyl (C=O) groups excluding carboxylic acids is 1. The zero-order chi connectivity index (χ0) is 14.0. The molecule has 0 saturated heterocycles. The van der Waals surface area contributed by atoms with E-state index in [0.717, 1.165) is 0 Å². The Hall–Kier alpha value is -1.97. The van der Waals surface area contributed by atoms with Crippen molar-refractivity contribution < 1.29 is 52.3 Å². The number of hydrogen-bond donors (Lipinski definition) is 1. The summed E-state index contributed by atoms with van der Waals surface area (Å²) in [6.07, 6.45) is 0. The van der Waals surface area contributed by atoms with Gasteiger partial charge in [0.05, 0.1) is 5.97 Å². The molecule has 132 valence electrons. The summed E-state index contributed by atoms with van der Waals surface area (Å²) >= 11 is 0. The summed E-state index contributed by atoms with van der Waals surface area (Å²) in [6, 6.07) is 4.29. The van der Waals surface area contributed by atoms with E-state index >= 15 is 0 Å². The molecule has 0 atom stereocenters. The number of carboxylic acid groups (broad SMARTS) is 1. The van der Waals surface area contributed by atoms with Crippen LogP contribution in [0.3, 0.4) is 0 Å². The van der Waals surface area contributed by atoms with Crippen molar-refractivity contribution in [3.8, 4) is 5.75 Å². The Labute approximate surface area is 140 Å². The van der Waals surface area contributed by atoms with Crippen LogP contribution in [0.1, 0.15) is 11.1 Å². The van der Waals surface area contributed by atoms with Gasteiger partial charge in [-0.05, 0) is 12.5 Å². The van der Waals surface area contributed by atoms with Crippen LogP contribution >= 0.6 is 0 Å². The van der Waals surface area contributed by atoms with Gasteiger partial charge >= 0.3 is 22.1 Å². The van der Waals surface area contributed by atoms with Crippen LogP contribution in [-0.4, -0.2) is 28.9 Å². The molecule has 9 nitrogen and oxygen atoms in total. The number of rotatable bonds is 4. The van der Waals surface area contributed by atoms with Crippen LogP contribution < -0.4 is 21.2 Å². The summed E-state index contributed by atoms with van der Waals surface area (Å²) in [5.74, 6) is -1.59. The zero-order valence-corrected chi connectivity index (χ0v) is 13.0. The Morgan fingerprint density at radius 2 is 1.87 bits per heavy atom. The Morgan fingerprint density at radius 1 is 1.26 bits per heavy atom. The van der Waals surface area contributed by atoms with Gasteiger partial charge in [0.25, 0.3) is 0 Å². The second-order valence-electron chi connectivity index (χ2n) is 4.14. The Bertz CT molecular complexity index is 700. The van der Waals surface area contributed by atoms with Gasteiger partial charge in [-0.2, -0.15) is 0 Å². The van der Waals surface area contributed by atoms with E-state index in [0.29, 0.717) is 10.9 Å². The average Bonchev–Trinajstić information content (AvgIpc) is 2.31. The minimum absolute atomic E-state index is 0. The molecule has 0 amide bonds. The molecule has 0 saturated carbocycles. The van der Waals surface area contributed by atoms with Gasteiger partial charge in [-0.15, -0.1) is 5.75 Å². The molecule has 1 heterocycles. The summed E-state index contributed by atoms with van der Waals surface area (Å²) in [5.41, 5.74) is 0.590. The van der Waals surface area contributed by atoms with E-state index in [4.69, 9.17) is 4.42 Å². The maximum Gasteiger partial charge on any atom is 2.00 e. The number of carbonyl (C=O) groups is 1. The molecule has 0 fully saturated rings. The van der Waals surface area contributed by atoms with Crippen molar-refractivity contribution in [2.75, 3.05) is 6.54 Å². The first-order chi connectivity index (χ1) is 8.99. The van der Waals surface area contributed by atoms with Crippen LogP contribution in [0, 0.1) is 6.92 Å². The van der Waals surface area contributed by atoms with Crippen LogP contribution in [0.25, 0.3) is 11.0 Å². The number of hydrogen-bond acceptors (Lipinski definition) is 6. The molecule has 0 spiro atoms. The second kappa shape index (κ2) is 10.7. The third-order valence-electron chi connectivity index (χ3n) is 2.75. The van der Waals surface area contributed by atoms with Gasteiger partial charge in [0.1, 0.15) is 5.58 Å². The third-order valence-corrected chi connectivity index (χ3v) is 2.75. The molecule has 0 aliphatic rings. The fraction of sp³-hybridized carbons (Fsp3) is 0.231. The number of benzene rings is 1. The van der Waals surface area contributed by atoms with Gasteiger partial charge in [0, 0.05) is 30.1 Å². The van der Waals surface area contributed by atoms with Crippen molar-refractivity contribution in [3.63, 3.8) is 0 Å². The van der Waals surface area contributed by atoms with E-state index in [9.17, 15) is 19.8 Å². The summed E-state index contributed by atoms with van der Waals surface area (Å²) in [5, 5.41) is 25.3. The largest absolute Gasteiger partial charge is 2.00 e. The van der Waals surface area contributed by atoms with E-state index < -0.39 is 11.6 Å². The van der Waals surface area contributed by atoms with E-state index in [1.807, 2.05) is 0 Å². The molecule has 0 unspecified atom stereocenters. The molecule has 7 N–H and O–H groups in total. The predicted molar refractivity (Wildman–Crippen MR) is 74.2 cm³/mol. The Kier molecular flexibility index (Phi) is 12.1. The number of nitrogens with one attached hydrogen (secondary N) is 1. The molecule has 2 rings (SSSR count). The van der Waals surface area contributed by atoms with Gasteiger partial charge in [-0.25, -0.2) is 4.79 Å². The maximum absolute atomic E-state index is 11.8. The summed E-state index contributed by atoms with van der Waals surface area (Å²) in [6.45, 7) is 1.35. The van der Waals surface area contributed by atoms with E-state index in [-0.39, 0.29) is 62.9 Å². The van der Waals surface area contributed by atoms with Gasteiger partial charge in [-0.1, -0.05) is 12.1 Å². The molecule has 23 heavy (non-hydrogen) atoms. The summed E-state index contributed by atoms with van der Waals surface area (Å²) in [7, 11) is 0. The quantitative estimate of drug-likeness (QED) is 0.425. The average molecular weight is 374 g/mol. The minimum Gasteiger partial charge on any atom is -0.872 e. The topological polar surface area (TPSA) is 200 Å². The van der Waals surface area contributed by atoms with Crippen LogP contribution in [0.2, 0.25) is 0 Å². The maximum atomic E-state index is 11.8. The molecular weight excluding hydrogens is 357 g/mol. The molecule has 0 bridgehead atoms. The third kappa shape index (κ3) is 5.97. The molecule has 10 heteroatoms. The van der Waals surface area contributed by atoms with Crippen molar-refractivity contribution in [2.45, 2.75) is 13.5 Å². The smallest absolute Gasteiger partial charge is 0.872 e. The number of fused-ring (bicyclic) bond motifs is 1. The van der Waals surface area contributed by atoms with Crippen LogP contribution in [0.15, 0.2) is 27.4 Å². The molecule has 1 aromatic carbocycles. The number of aliphatic carboxylic acids is 1. The van der Waals surface area contributed by atoms with Gasteiger partial charge < -0.3 is 41.2 Å². The SMILES string of the molecule is Cc1cc(=O)oc2c(CNCC(=O)[O-])c([O-])ccc12.O.O.O.[Ni+2]. The molecule has 0 aliphatic carbocycles. The zero-order valence-electron chi connectivity index (χ0n) is 12.0. The number of carboxylic acids is 1. The summed E-state index contributed by atoms with van der Waals surface area (Å²) < 4.78 is 5.05. The van der Waals surface area contributed by atoms with Crippen molar-refractivity contribution in [1.82, 2.24) is 5.32 Å². The molecular formula is C13H17NNiO8. The van der Waals surface area contributed by atoms with E-state index in [1.165, 1.54) is 12.1 Å². The van der Waals surface area contributed by atoms with Crippen molar-refractivity contribution in [1.29, 1.82) is 0 Å². The first-order valence-electron chi connectivity index (χ1n) is 5.63. The van der Waals surface area contributed by atoms with E-state index in [2.05, 4.69) is 5.32 Å². The van der Waals surface area contributed by atoms with Crippen molar-refractivity contribution >= 4 is 16.9 Å². The fourth-order valence-electron chi connectivity index (χ4n) is 1.88. The fourth-order valence-corrected chi connectivity index (χ4v) is 1.88. The van der Waals surface area contributed by atoms with Gasteiger partial charge in [-0.3, -0.25) is 0 Å². The van der Waals surface area contributed by atoms with Crippen LogP contribution in [0.4, 0.5) is 0 Å². The van der Waals surface area contributed by atoms with Crippen LogP contribution in [-0.2, 0) is 27.8 Å². The standard InChI is InChI=1S/C13H13NO5.Ni.3H2O/c1-7-4-12(18)19-13-8(7)2-3-10(15)9(13)5-14-6-11(16)17;;;;/h2-4,14-15H,5-6H2,1H3,(H,16,17);;3*1H2/q;+2;;;/p-2. The predicted octanol–water partition coefficient (Wildman–Crippen LogP) is -3.46. The van der Waals surface area contributed by atoms with Crippen molar-refractivity contribution in [3.05, 3.63) is 39.7 Å². The minimum atomic E-state index is -1.27. The molecule has 0 radical (unpaired) electrons. The Morgan fingerprint density at radius 3 is 2.43 bits per heavy atom. The van der Waals surface area contributed by atoms with Crippen molar-refractivity contribution in [2.24, 2.45) is 0 Å². The van der Waals surface area contributed by atoms with Gasteiger partial charge in [0.2, 0.25) is 0 Å².